The van der Waals surface area contributed by atoms with Crippen LogP contribution < -0.4 is 5.32 Å². The first-order chi connectivity index (χ1) is 11.7. The molecule has 5 nitrogen and oxygen atoms in total. The van der Waals surface area contributed by atoms with Gasteiger partial charge < -0.3 is 14.8 Å². The van der Waals surface area contributed by atoms with E-state index < -0.39 is 0 Å². The van der Waals surface area contributed by atoms with Crippen LogP contribution in [0.5, 0.6) is 0 Å². The van der Waals surface area contributed by atoms with Crippen molar-refractivity contribution in [2.24, 2.45) is 5.92 Å². The van der Waals surface area contributed by atoms with Gasteiger partial charge in [-0.3, -0.25) is 9.69 Å². The highest BCUT2D eigenvalue weighted by Crippen LogP contribution is 2.28. The van der Waals surface area contributed by atoms with Crippen LogP contribution in [0.25, 0.3) is 0 Å². The first-order valence-electron chi connectivity index (χ1n) is 8.60. The highest BCUT2D eigenvalue weighted by atomic mass is 32.2. The van der Waals surface area contributed by atoms with E-state index in [2.05, 4.69) is 10.2 Å². The number of hydrogen-bond acceptors (Lipinski definition) is 5. The van der Waals surface area contributed by atoms with E-state index in [1.54, 1.807) is 11.8 Å². The van der Waals surface area contributed by atoms with Gasteiger partial charge in [0.05, 0.1) is 24.9 Å². The third kappa shape index (κ3) is 4.11. The first-order valence-corrected chi connectivity index (χ1v) is 9.82. The van der Waals surface area contributed by atoms with Crippen molar-refractivity contribution in [3.05, 3.63) is 24.3 Å². The van der Waals surface area contributed by atoms with Crippen LogP contribution in [-0.2, 0) is 14.3 Å². The number of ether oxygens (including phenoxy) is 2. The second-order valence-electron chi connectivity index (χ2n) is 6.35. The van der Waals surface area contributed by atoms with E-state index in [-0.39, 0.29) is 18.2 Å². The fourth-order valence-electron chi connectivity index (χ4n) is 3.38. The zero-order valence-corrected chi connectivity index (χ0v) is 15.2. The molecule has 24 heavy (non-hydrogen) atoms. The van der Waals surface area contributed by atoms with Crippen molar-refractivity contribution in [3.8, 4) is 0 Å². The molecule has 2 heterocycles. The number of nitrogens with zero attached hydrogens (tertiary/aromatic N) is 1. The maximum absolute atomic E-state index is 12.6. The molecule has 1 unspecified atom stereocenters. The van der Waals surface area contributed by atoms with E-state index in [1.165, 1.54) is 0 Å². The van der Waals surface area contributed by atoms with Gasteiger partial charge in [-0.1, -0.05) is 12.1 Å². The average molecular weight is 350 g/mol. The van der Waals surface area contributed by atoms with Crippen LogP contribution in [-0.4, -0.2) is 55.7 Å². The zero-order valence-electron chi connectivity index (χ0n) is 14.4. The summed E-state index contributed by atoms with van der Waals surface area (Å²) in [7, 11) is 0. The van der Waals surface area contributed by atoms with E-state index in [1.807, 2.05) is 37.4 Å². The smallest absolute Gasteiger partial charge is 0.241 e. The Bertz CT molecular complexity index is 555. The molecule has 1 aromatic carbocycles. The summed E-state index contributed by atoms with van der Waals surface area (Å²) in [6.45, 7) is 5.22. The molecule has 3 rings (SSSR count). The van der Waals surface area contributed by atoms with Crippen molar-refractivity contribution in [1.29, 1.82) is 0 Å². The van der Waals surface area contributed by atoms with Crippen molar-refractivity contribution >= 4 is 23.4 Å². The van der Waals surface area contributed by atoms with E-state index in [9.17, 15) is 4.79 Å². The van der Waals surface area contributed by atoms with Gasteiger partial charge in [0.2, 0.25) is 5.91 Å². The average Bonchev–Trinajstić information content (AvgIpc) is 3.16. The fourth-order valence-corrected chi connectivity index (χ4v) is 3.93. The summed E-state index contributed by atoms with van der Waals surface area (Å²) in [6.07, 6.45) is 4.02. The second kappa shape index (κ2) is 8.34. The van der Waals surface area contributed by atoms with Gasteiger partial charge in [-0.2, -0.15) is 0 Å². The Morgan fingerprint density at radius 1 is 1.25 bits per heavy atom. The van der Waals surface area contributed by atoms with Gasteiger partial charge >= 0.3 is 0 Å². The second-order valence-corrected chi connectivity index (χ2v) is 7.20. The summed E-state index contributed by atoms with van der Waals surface area (Å²) in [4.78, 5) is 15.9. The van der Waals surface area contributed by atoms with Crippen molar-refractivity contribution < 1.29 is 14.3 Å². The number of likely N-dealkylation sites (tertiary alicyclic amines) is 1. The van der Waals surface area contributed by atoms with Gasteiger partial charge in [-0.05, 0) is 51.2 Å². The monoisotopic (exact) mass is 350 g/mol. The minimum absolute atomic E-state index is 0.0373. The molecule has 0 radical (unpaired) electrons. The van der Waals surface area contributed by atoms with Gasteiger partial charge in [0.1, 0.15) is 0 Å². The number of carbonyl (C=O) groups excluding carboxylic acids is 1. The molecule has 1 amide bonds. The van der Waals surface area contributed by atoms with Crippen molar-refractivity contribution in [3.63, 3.8) is 0 Å². The molecular weight excluding hydrogens is 324 g/mol. The number of piperidine rings is 1. The molecule has 2 fully saturated rings. The lowest BCUT2D eigenvalue weighted by molar-refractivity contribution is -0.123. The Hall–Kier alpha value is -1.08. The van der Waals surface area contributed by atoms with Crippen LogP contribution in [0.15, 0.2) is 29.2 Å². The normalized spacial score (nSPS) is 21.8. The Balaban J connectivity index is 1.52. The quantitative estimate of drug-likeness (QED) is 0.828. The number of rotatable bonds is 5. The van der Waals surface area contributed by atoms with E-state index >= 15 is 0 Å². The predicted octanol–water partition coefficient (Wildman–Crippen LogP) is 2.82. The molecule has 1 N–H and O–H groups in total. The van der Waals surface area contributed by atoms with Gasteiger partial charge in [0.15, 0.2) is 6.29 Å². The molecule has 2 saturated heterocycles. The number of carbonyl (C=O) groups is 1. The SMILES string of the molecule is CSc1ccccc1NC(=O)C(C)N1CCC(C2OCCO2)CC1. The van der Waals surface area contributed by atoms with E-state index in [0.29, 0.717) is 19.1 Å². The Kier molecular flexibility index (Phi) is 6.16. The number of hydrogen-bond donors (Lipinski definition) is 1. The molecule has 6 heteroatoms. The number of benzene rings is 1. The summed E-state index contributed by atoms with van der Waals surface area (Å²) in [6, 6.07) is 7.79. The lowest BCUT2D eigenvalue weighted by atomic mass is 9.95. The molecule has 132 valence electrons. The number of anilines is 1. The van der Waals surface area contributed by atoms with Crippen molar-refractivity contribution in [1.82, 2.24) is 4.90 Å². The summed E-state index contributed by atoms with van der Waals surface area (Å²) in [5, 5.41) is 3.07. The molecule has 1 aromatic rings. The number of thioether (sulfide) groups is 1. The number of para-hydroxylation sites is 1. The summed E-state index contributed by atoms with van der Waals surface area (Å²) >= 11 is 1.64. The van der Waals surface area contributed by atoms with Crippen LogP contribution in [0.1, 0.15) is 19.8 Å². The lowest BCUT2D eigenvalue weighted by Crippen LogP contribution is -2.47. The van der Waals surface area contributed by atoms with Crippen LogP contribution in [0.4, 0.5) is 5.69 Å². The third-order valence-corrected chi connectivity index (χ3v) is 5.69. The lowest BCUT2D eigenvalue weighted by Gasteiger charge is -2.36. The molecular formula is C18H26N2O3S. The highest BCUT2D eigenvalue weighted by Gasteiger charge is 2.33. The molecule has 0 aliphatic carbocycles. The third-order valence-electron chi connectivity index (χ3n) is 4.90. The molecule has 0 bridgehead atoms. The van der Waals surface area contributed by atoms with Gasteiger partial charge in [-0.15, -0.1) is 11.8 Å². The molecule has 0 aromatic heterocycles. The molecule has 2 aliphatic heterocycles. The minimum Gasteiger partial charge on any atom is -0.350 e. The Morgan fingerprint density at radius 2 is 1.92 bits per heavy atom. The number of nitrogens with one attached hydrogen (secondary N) is 1. The molecule has 1 atom stereocenters. The standard InChI is InChI=1S/C18H26N2O3S/c1-13(17(21)19-15-5-3-4-6-16(15)24-2)20-9-7-14(8-10-20)18-22-11-12-23-18/h3-6,13-14,18H,7-12H2,1-2H3,(H,19,21). The fraction of sp³-hybridized carbons (Fsp3) is 0.611. The summed E-state index contributed by atoms with van der Waals surface area (Å²) in [5.74, 6) is 0.513. The maximum Gasteiger partial charge on any atom is 0.241 e. The van der Waals surface area contributed by atoms with Crippen LogP contribution >= 0.6 is 11.8 Å². The van der Waals surface area contributed by atoms with Crippen molar-refractivity contribution in [2.75, 3.05) is 37.9 Å². The largest absolute Gasteiger partial charge is 0.350 e. The van der Waals surface area contributed by atoms with Crippen LogP contribution in [0.3, 0.4) is 0 Å². The summed E-state index contributed by atoms with van der Waals surface area (Å²) < 4.78 is 11.2. The van der Waals surface area contributed by atoms with Crippen LogP contribution in [0.2, 0.25) is 0 Å². The topological polar surface area (TPSA) is 50.8 Å². The first kappa shape index (κ1) is 17.7. The highest BCUT2D eigenvalue weighted by molar-refractivity contribution is 7.98. The van der Waals surface area contributed by atoms with Gasteiger partial charge in [-0.25, -0.2) is 0 Å². The van der Waals surface area contributed by atoms with E-state index in [4.69, 9.17) is 9.47 Å². The Morgan fingerprint density at radius 3 is 2.58 bits per heavy atom. The van der Waals surface area contributed by atoms with E-state index in [0.717, 1.165) is 36.5 Å². The van der Waals surface area contributed by atoms with Gasteiger partial charge in [0, 0.05) is 10.8 Å². The molecule has 0 saturated carbocycles. The van der Waals surface area contributed by atoms with Crippen LogP contribution in [0, 0.1) is 5.92 Å². The molecule has 0 spiro atoms. The van der Waals surface area contributed by atoms with Gasteiger partial charge in [0.25, 0.3) is 0 Å². The molecule has 2 aliphatic rings. The summed E-state index contributed by atoms with van der Waals surface area (Å²) in [5.41, 5.74) is 0.893. The maximum atomic E-state index is 12.6. The predicted molar refractivity (Wildman–Crippen MR) is 96.3 cm³/mol. The number of amides is 1. The minimum atomic E-state index is -0.133. The Labute approximate surface area is 148 Å². The van der Waals surface area contributed by atoms with Crippen molar-refractivity contribution in [2.45, 2.75) is 37.0 Å². The zero-order chi connectivity index (χ0) is 16.9.